The third-order valence-electron chi connectivity index (χ3n) is 1.96. The van der Waals surface area contributed by atoms with E-state index in [0.29, 0.717) is 6.04 Å². The molecule has 0 amide bonds. The van der Waals surface area contributed by atoms with Gasteiger partial charge in [0.1, 0.15) is 0 Å². The van der Waals surface area contributed by atoms with E-state index >= 15 is 0 Å². The van der Waals surface area contributed by atoms with Crippen molar-refractivity contribution in [2.45, 2.75) is 18.9 Å². The van der Waals surface area contributed by atoms with Crippen molar-refractivity contribution in [2.24, 2.45) is 0 Å². The molecule has 1 aliphatic heterocycles. The van der Waals surface area contributed by atoms with Crippen molar-refractivity contribution in [3.63, 3.8) is 0 Å². The molecule has 0 aliphatic carbocycles. The number of aliphatic hydroxyl groups excluding tert-OH is 1. The van der Waals surface area contributed by atoms with Crippen LogP contribution in [0.2, 0.25) is 0 Å². The zero-order valence-electron chi connectivity index (χ0n) is 7.33. The number of hydrogen-bond acceptors (Lipinski definition) is 3. The molecule has 70 valence electrons. The Hall–Kier alpha value is 0.01000. The van der Waals surface area contributed by atoms with E-state index in [4.69, 9.17) is 5.11 Å². The molecule has 2 nitrogen and oxygen atoms in total. The molecular weight excluding hydrogens is 170 g/mol. The molecule has 3 heteroatoms. The summed E-state index contributed by atoms with van der Waals surface area (Å²) in [5.41, 5.74) is 0. The van der Waals surface area contributed by atoms with Gasteiger partial charge in [0.05, 0.1) is 6.61 Å². The average molecular weight is 187 g/mol. The summed E-state index contributed by atoms with van der Waals surface area (Å²) in [5.74, 6) is 2.57. The highest BCUT2D eigenvalue weighted by molar-refractivity contribution is 7.99. The third-order valence-corrected chi connectivity index (χ3v) is 3.17. The Morgan fingerprint density at radius 3 is 3.08 bits per heavy atom. The number of rotatable bonds is 4. The van der Waals surface area contributed by atoms with Crippen LogP contribution in [-0.4, -0.2) is 35.8 Å². The van der Waals surface area contributed by atoms with Crippen LogP contribution < -0.4 is 5.32 Å². The summed E-state index contributed by atoms with van der Waals surface area (Å²) < 4.78 is 0. The molecule has 0 radical (unpaired) electrons. The van der Waals surface area contributed by atoms with Gasteiger partial charge in [0.2, 0.25) is 0 Å². The van der Waals surface area contributed by atoms with Gasteiger partial charge in [-0.15, -0.1) is 0 Å². The molecule has 1 aliphatic rings. The maximum atomic E-state index is 8.48. The SMILES string of the molecule is OC/C=C/CNC1CCCSC1. The zero-order chi connectivity index (χ0) is 8.65. The maximum Gasteiger partial charge on any atom is 0.0612 e. The van der Waals surface area contributed by atoms with Crippen LogP contribution in [0.25, 0.3) is 0 Å². The first-order chi connectivity index (χ1) is 5.93. The first-order valence-corrected chi connectivity index (χ1v) is 5.66. The van der Waals surface area contributed by atoms with E-state index in [-0.39, 0.29) is 6.61 Å². The molecule has 0 aromatic heterocycles. The second-order valence-corrected chi connectivity index (χ2v) is 4.13. The number of nitrogens with one attached hydrogen (secondary N) is 1. The van der Waals surface area contributed by atoms with Gasteiger partial charge in [-0.25, -0.2) is 0 Å². The molecule has 1 unspecified atom stereocenters. The van der Waals surface area contributed by atoms with Crippen LogP contribution in [0.15, 0.2) is 12.2 Å². The van der Waals surface area contributed by atoms with E-state index < -0.39 is 0 Å². The lowest BCUT2D eigenvalue weighted by Crippen LogP contribution is -2.33. The van der Waals surface area contributed by atoms with E-state index in [2.05, 4.69) is 5.32 Å². The summed E-state index contributed by atoms with van der Waals surface area (Å²) in [5, 5.41) is 11.9. The Morgan fingerprint density at radius 2 is 2.42 bits per heavy atom. The topological polar surface area (TPSA) is 32.3 Å². The molecular formula is C9H17NOS. The molecule has 2 N–H and O–H groups in total. The van der Waals surface area contributed by atoms with Crippen LogP contribution in [0.3, 0.4) is 0 Å². The second kappa shape index (κ2) is 6.52. The minimum Gasteiger partial charge on any atom is -0.392 e. The highest BCUT2D eigenvalue weighted by atomic mass is 32.2. The van der Waals surface area contributed by atoms with Crippen LogP contribution >= 0.6 is 11.8 Å². The average Bonchev–Trinajstić information content (AvgIpc) is 2.14. The first kappa shape index (κ1) is 10.1. The van der Waals surface area contributed by atoms with Crippen molar-refractivity contribution < 1.29 is 5.11 Å². The summed E-state index contributed by atoms with van der Waals surface area (Å²) in [7, 11) is 0. The van der Waals surface area contributed by atoms with Gasteiger partial charge in [0, 0.05) is 18.3 Å². The number of hydrogen-bond donors (Lipinski definition) is 2. The Kier molecular flexibility index (Phi) is 5.48. The summed E-state index contributed by atoms with van der Waals surface area (Å²) in [6.45, 7) is 1.05. The summed E-state index contributed by atoms with van der Waals surface area (Å²) in [6, 6.07) is 0.687. The molecule has 0 aromatic rings. The van der Waals surface area contributed by atoms with Gasteiger partial charge in [-0.2, -0.15) is 11.8 Å². The predicted octanol–water partition coefficient (Wildman–Crippen LogP) is 1.02. The fourth-order valence-electron chi connectivity index (χ4n) is 1.29. The lowest BCUT2D eigenvalue weighted by atomic mass is 10.2. The Morgan fingerprint density at radius 1 is 1.50 bits per heavy atom. The highest BCUT2D eigenvalue weighted by Crippen LogP contribution is 2.16. The second-order valence-electron chi connectivity index (χ2n) is 2.98. The minimum absolute atomic E-state index is 0.154. The molecule has 0 saturated carbocycles. The Labute approximate surface area is 78.4 Å². The summed E-state index contributed by atoms with van der Waals surface area (Å²) >= 11 is 2.03. The largest absolute Gasteiger partial charge is 0.392 e. The first-order valence-electron chi connectivity index (χ1n) is 4.50. The van der Waals surface area contributed by atoms with Gasteiger partial charge in [-0.05, 0) is 18.6 Å². The maximum absolute atomic E-state index is 8.48. The van der Waals surface area contributed by atoms with Gasteiger partial charge >= 0.3 is 0 Å². The van der Waals surface area contributed by atoms with Gasteiger partial charge in [-0.3, -0.25) is 0 Å². The normalized spacial score (nSPS) is 24.9. The fraction of sp³-hybridized carbons (Fsp3) is 0.778. The van der Waals surface area contributed by atoms with Gasteiger partial charge < -0.3 is 10.4 Å². The zero-order valence-corrected chi connectivity index (χ0v) is 8.15. The quantitative estimate of drug-likeness (QED) is 0.645. The van der Waals surface area contributed by atoms with Crippen molar-refractivity contribution in [2.75, 3.05) is 24.7 Å². The third kappa shape index (κ3) is 4.14. The van der Waals surface area contributed by atoms with Gasteiger partial charge in [-0.1, -0.05) is 12.2 Å². The number of thioether (sulfide) groups is 1. The molecule has 1 saturated heterocycles. The van der Waals surface area contributed by atoms with Crippen molar-refractivity contribution in [1.82, 2.24) is 5.32 Å². The van der Waals surface area contributed by atoms with Crippen LogP contribution in [0, 0.1) is 0 Å². The van der Waals surface area contributed by atoms with Crippen molar-refractivity contribution in [3.05, 3.63) is 12.2 Å². The Balaban J connectivity index is 2.01. The van der Waals surface area contributed by atoms with E-state index in [1.54, 1.807) is 6.08 Å². The lowest BCUT2D eigenvalue weighted by molar-refractivity contribution is 0.342. The van der Waals surface area contributed by atoms with Crippen LogP contribution in [-0.2, 0) is 0 Å². The molecule has 0 bridgehead atoms. The molecule has 1 atom stereocenters. The highest BCUT2D eigenvalue weighted by Gasteiger charge is 2.11. The Bertz CT molecular complexity index is 132. The smallest absolute Gasteiger partial charge is 0.0612 e. The van der Waals surface area contributed by atoms with Crippen LogP contribution in [0.4, 0.5) is 0 Å². The summed E-state index contributed by atoms with van der Waals surface area (Å²) in [4.78, 5) is 0. The van der Waals surface area contributed by atoms with E-state index in [1.807, 2.05) is 17.8 Å². The monoisotopic (exact) mass is 187 g/mol. The summed E-state index contributed by atoms with van der Waals surface area (Å²) in [6.07, 6.45) is 6.41. The van der Waals surface area contributed by atoms with Crippen LogP contribution in [0.1, 0.15) is 12.8 Å². The molecule has 1 heterocycles. The van der Waals surface area contributed by atoms with Crippen molar-refractivity contribution in [1.29, 1.82) is 0 Å². The van der Waals surface area contributed by atoms with E-state index in [0.717, 1.165) is 6.54 Å². The predicted molar refractivity (Wildman–Crippen MR) is 54.6 cm³/mol. The van der Waals surface area contributed by atoms with Crippen LogP contribution in [0.5, 0.6) is 0 Å². The molecule has 0 aromatic carbocycles. The molecule has 12 heavy (non-hydrogen) atoms. The minimum atomic E-state index is 0.154. The van der Waals surface area contributed by atoms with Gasteiger partial charge in [0.15, 0.2) is 0 Å². The molecule has 0 spiro atoms. The van der Waals surface area contributed by atoms with Crippen molar-refractivity contribution >= 4 is 11.8 Å². The number of aliphatic hydroxyl groups is 1. The van der Waals surface area contributed by atoms with E-state index in [1.165, 1.54) is 24.3 Å². The standard InChI is InChI=1S/C9H17NOS/c11-6-2-1-5-10-9-4-3-7-12-8-9/h1-2,9-11H,3-8H2/b2-1+. The van der Waals surface area contributed by atoms with E-state index in [9.17, 15) is 0 Å². The lowest BCUT2D eigenvalue weighted by Gasteiger charge is -2.21. The molecule has 1 fully saturated rings. The van der Waals surface area contributed by atoms with Crippen molar-refractivity contribution in [3.8, 4) is 0 Å². The fourth-order valence-corrected chi connectivity index (χ4v) is 2.40. The molecule has 1 rings (SSSR count). The van der Waals surface area contributed by atoms with Gasteiger partial charge in [0.25, 0.3) is 0 Å².